The van der Waals surface area contributed by atoms with Crippen LogP contribution in [0.4, 0.5) is 0 Å². The fourth-order valence-electron chi connectivity index (χ4n) is 1.71. The highest BCUT2D eigenvalue weighted by Gasteiger charge is 2.13. The Balaban J connectivity index is 2.69. The number of carbonyl (C=O) groups is 2. The van der Waals surface area contributed by atoms with Crippen molar-refractivity contribution in [1.82, 2.24) is 10.6 Å². The number of hydrogen-bond donors (Lipinski definition) is 2. The van der Waals surface area contributed by atoms with Gasteiger partial charge in [0, 0.05) is 11.0 Å². The molecular formula is C14H19BrN2O4. The van der Waals surface area contributed by atoms with E-state index in [9.17, 15) is 9.59 Å². The molecule has 0 saturated carbocycles. The zero-order chi connectivity index (χ0) is 15.8. The maximum Gasteiger partial charge on any atom is 0.239 e. The van der Waals surface area contributed by atoms with E-state index < -0.39 is 0 Å². The minimum Gasteiger partial charge on any atom is -0.493 e. The first-order valence-corrected chi connectivity index (χ1v) is 7.24. The van der Waals surface area contributed by atoms with Gasteiger partial charge < -0.3 is 20.1 Å². The number of methoxy groups -OCH3 is 2. The Morgan fingerprint density at radius 2 is 1.71 bits per heavy atom. The van der Waals surface area contributed by atoms with Gasteiger partial charge in [0.1, 0.15) is 0 Å². The Bertz CT molecular complexity index is 520. The molecule has 1 aromatic carbocycles. The van der Waals surface area contributed by atoms with Gasteiger partial charge in [0.25, 0.3) is 0 Å². The molecule has 2 N–H and O–H groups in total. The number of amides is 2. The van der Waals surface area contributed by atoms with Crippen LogP contribution in [0.3, 0.4) is 0 Å². The van der Waals surface area contributed by atoms with Crippen molar-refractivity contribution in [3.63, 3.8) is 0 Å². The molecule has 6 nitrogen and oxygen atoms in total. The second kappa shape index (κ2) is 8.51. The van der Waals surface area contributed by atoms with Gasteiger partial charge >= 0.3 is 0 Å². The normalized spacial score (nSPS) is 9.90. The second-order valence-electron chi connectivity index (χ2n) is 4.21. The molecule has 116 valence electrons. The Kier molecular flexibility index (Phi) is 7.01. The smallest absolute Gasteiger partial charge is 0.239 e. The van der Waals surface area contributed by atoms with E-state index in [1.54, 1.807) is 19.2 Å². The van der Waals surface area contributed by atoms with Crippen molar-refractivity contribution in [2.24, 2.45) is 0 Å². The molecular weight excluding hydrogens is 340 g/mol. The van der Waals surface area contributed by atoms with Crippen LogP contribution in [-0.2, 0) is 16.0 Å². The number of hydrogen-bond acceptors (Lipinski definition) is 4. The summed E-state index contributed by atoms with van der Waals surface area (Å²) in [6, 6.07) is 3.47. The highest BCUT2D eigenvalue weighted by molar-refractivity contribution is 9.10. The van der Waals surface area contributed by atoms with Gasteiger partial charge in [-0.3, -0.25) is 9.59 Å². The Morgan fingerprint density at radius 1 is 1.10 bits per heavy atom. The molecule has 0 aromatic heterocycles. The quantitative estimate of drug-likeness (QED) is 0.769. The lowest BCUT2D eigenvalue weighted by Crippen LogP contribution is -2.37. The summed E-state index contributed by atoms with van der Waals surface area (Å²) in [4.78, 5) is 23.1. The molecule has 0 atom stereocenters. The SMILES string of the molecule is CCNC(=O)CNC(=O)Cc1cc(OC)c(OC)cc1Br. The summed E-state index contributed by atoms with van der Waals surface area (Å²) in [5.41, 5.74) is 0.751. The minimum absolute atomic E-state index is 0.0302. The molecule has 0 fully saturated rings. The van der Waals surface area contributed by atoms with Gasteiger partial charge in [-0.25, -0.2) is 0 Å². The number of likely N-dealkylation sites (N-methyl/N-ethyl adjacent to an activating group) is 1. The Hall–Kier alpha value is -1.76. The molecule has 1 aromatic rings. The summed E-state index contributed by atoms with van der Waals surface area (Å²) in [5.74, 6) is 0.675. The molecule has 0 aliphatic heterocycles. The largest absolute Gasteiger partial charge is 0.493 e. The average Bonchev–Trinajstić information content (AvgIpc) is 2.47. The van der Waals surface area contributed by atoms with E-state index in [4.69, 9.17) is 9.47 Å². The average molecular weight is 359 g/mol. The van der Waals surface area contributed by atoms with Crippen molar-refractivity contribution >= 4 is 27.7 Å². The number of benzene rings is 1. The van der Waals surface area contributed by atoms with Crippen LogP contribution >= 0.6 is 15.9 Å². The van der Waals surface area contributed by atoms with Gasteiger partial charge in [0.05, 0.1) is 27.2 Å². The van der Waals surface area contributed by atoms with E-state index >= 15 is 0 Å². The maximum absolute atomic E-state index is 11.8. The molecule has 0 spiro atoms. The van der Waals surface area contributed by atoms with Gasteiger partial charge in [-0.05, 0) is 24.6 Å². The van der Waals surface area contributed by atoms with Crippen molar-refractivity contribution in [3.05, 3.63) is 22.2 Å². The first-order chi connectivity index (χ1) is 10.0. The van der Waals surface area contributed by atoms with Crippen molar-refractivity contribution in [2.75, 3.05) is 27.3 Å². The highest BCUT2D eigenvalue weighted by atomic mass is 79.9. The van der Waals surface area contributed by atoms with Crippen LogP contribution in [-0.4, -0.2) is 39.1 Å². The molecule has 0 saturated heterocycles. The summed E-state index contributed by atoms with van der Waals surface area (Å²) < 4.78 is 11.1. The van der Waals surface area contributed by atoms with Crippen LogP contribution in [0.25, 0.3) is 0 Å². The zero-order valence-electron chi connectivity index (χ0n) is 12.3. The van der Waals surface area contributed by atoms with E-state index in [0.29, 0.717) is 18.0 Å². The van der Waals surface area contributed by atoms with Gasteiger partial charge in [-0.15, -0.1) is 0 Å². The summed E-state index contributed by atoms with van der Waals surface area (Å²) in [5, 5.41) is 5.18. The number of rotatable bonds is 7. The van der Waals surface area contributed by atoms with Gasteiger partial charge in [0.15, 0.2) is 11.5 Å². The van der Waals surface area contributed by atoms with Crippen LogP contribution in [0.1, 0.15) is 12.5 Å². The number of ether oxygens (including phenoxy) is 2. The predicted octanol–water partition coefficient (Wildman–Crippen LogP) is 1.26. The molecule has 0 unspecified atom stereocenters. The van der Waals surface area contributed by atoms with E-state index in [-0.39, 0.29) is 24.8 Å². The molecule has 0 heterocycles. The summed E-state index contributed by atoms with van der Waals surface area (Å²) in [6.45, 7) is 2.33. The van der Waals surface area contributed by atoms with Crippen LogP contribution in [0.2, 0.25) is 0 Å². The van der Waals surface area contributed by atoms with Gasteiger partial charge in [0.2, 0.25) is 11.8 Å². The van der Waals surface area contributed by atoms with Gasteiger partial charge in [-0.1, -0.05) is 15.9 Å². The summed E-state index contributed by atoms with van der Waals surface area (Å²) >= 11 is 3.39. The maximum atomic E-state index is 11.8. The number of halogens is 1. The molecule has 0 aliphatic rings. The van der Waals surface area contributed by atoms with Crippen molar-refractivity contribution < 1.29 is 19.1 Å². The Morgan fingerprint density at radius 3 is 2.29 bits per heavy atom. The molecule has 0 aliphatic carbocycles. The first-order valence-electron chi connectivity index (χ1n) is 6.45. The monoisotopic (exact) mass is 358 g/mol. The fraction of sp³-hybridized carbons (Fsp3) is 0.429. The molecule has 0 radical (unpaired) electrons. The van der Waals surface area contributed by atoms with E-state index in [0.717, 1.165) is 10.0 Å². The van der Waals surface area contributed by atoms with E-state index in [1.165, 1.54) is 7.11 Å². The molecule has 1 rings (SSSR count). The molecule has 21 heavy (non-hydrogen) atoms. The Labute approximate surface area is 132 Å². The molecule has 2 amide bonds. The lowest BCUT2D eigenvalue weighted by atomic mass is 10.1. The van der Waals surface area contributed by atoms with Crippen LogP contribution in [0.15, 0.2) is 16.6 Å². The zero-order valence-corrected chi connectivity index (χ0v) is 13.9. The third-order valence-corrected chi connectivity index (χ3v) is 3.46. The van der Waals surface area contributed by atoms with Gasteiger partial charge in [-0.2, -0.15) is 0 Å². The summed E-state index contributed by atoms with van der Waals surface area (Å²) in [6.07, 6.45) is 0.139. The standard InChI is InChI=1S/C14H19BrN2O4/c1-4-16-14(19)8-17-13(18)6-9-5-11(20-2)12(21-3)7-10(9)15/h5,7H,4,6,8H2,1-3H3,(H,16,19)(H,17,18). The predicted molar refractivity (Wildman–Crippen MR) is 82.6 cm³/mol. The summed E-state index contributed by atoms with van der Waals surface area (Å²) in [7, 11) is 3.08. The van der Waals surface area contributed by atoms with Crippen LogP contribution in [0.5, 0.6) is 11.5 Å². The molecule has 7 heteroatoms. The van der Waals surface area contributed by atoms with E-state index in [2.05, 4.69) is 26.6 Å². The van der Waals surface area contributed by atoms with Crippen LogP contribution in [0, 0.1) is 0 Å². The second-order valence-corrected chi connectivity index (χ2v) is 5.06. The van der Waals surface area contributed by atoms with Crippen molar-refractivity contribution in [3.8, 4) is 11.5 Å². The minimum atomic E-state index is -0.242. The first kappa shape index (κ1) is 17.3. The van der Waals surface area contributed by atoms with E-state index in [1.807, 2.05) is 6.92 Å². The topological polar surface area (TPSA) is 76.7 Å². The molecule has 0 bridgehead atoms. The third kappa shape index (κ3) is 5.26. The number of nitrogens with one attached hydrogen (secondary N) is 2. The lowest BCUT2D eigenvalue weighted by molar-refractivity contribution is -0.125. The van der Waals surface area contributed by atoms with Crippen molar-refractivity contribution in [2.45, 2.75) is 13.3 Å². The van der Waals surface area contributed by atoms with Crippen LogP contribution < -0.4 is 20.1 Å². The number of carbonyl (C=O) groups excluding carboxylic acids is 2. The third-order valence-electron chi connectivity index (χ3n) is 2.72. The van der Waals surface area contributed by atoms with Crippen molar-refractivity contribution in [1.29, 1.82) is 0 Å². The lowest BCUT2D eigenvalue weighted by Gasteiger charge is -2.12. The highest BCUT2D eigenvalue weighted by Crippen LogP contribution is 2.33. The fourth-order valence-corrected chi connectivity index (χ4v) is 2.17.